The zero-order valence-electron chi connectivity index (χ0n) is 17.9. The minimum atomic E-state index is -0.760. The van der Waals surface area contributed by atoms with Crippen LogP contribution in [0.25, 0.3) is 5.69 Å². The average molecular weight is 455 g/mol. The van der Waals surface area contributed by atoms with Crippen molar-refractivity contribution in [1.29, 1.82) is 0 Å². The topological polar surface area (TPSA) is 148 Å². The van der Waals surface area contributed by atoms with Crippen molar-refractivity contribution in [3.8, 4) is 11.6 Å². The Balaban J connectivity index is 2.09. The molecular formula is C21H21N5O7. The number of benzene rings is 2. The van der Waals surface area contributed by atoms with Crippen molar-refractivity contribution in [3.05, 3.63) is 85.0 Å². The van der Waals surface area contributed by atoms with E-state index in [4.69, 9.17) is 9.47 Å². The number of rotatable bonds is 9. The number of carbonyl (C=O) groups excluding carboxylic acids is 1. The molecule has 0 bridgehead atoms. The summed E-state index contributed by atoms with van der Waals surface area (Å²) in [5.74, 6) is -0.613. The number of hydrogen-bond donors (Lipinski definition) is 1. The maximum absolute atomic E-state index is 13.2. The van der Waals surface area contributed by atoms with Gasteiger partial charge in [-0.1, -0.05) is 18.2 Å². The van der Waals surface area contributed by atoms with Crippen molar-refractivity contribution >= 4 is 17.3 Å². The van der Waals surface area contributed by atoms with E-state index < -0.39 is 16.2 Å². The number of nitro groups is 1. The van der Waals surface area contributed by atoms with Crippen molar-refractivity contribution in [2.75, 3.05) is 25.6 Å². The predicted molar refractivity (Wildman–Crippen MR) is 118 cm³/mol. The first-order valence-electron chi connectivity index (χ1n) is 9.77. The zero-order chi connectivity index (χ0) is 24.0. The van der Waals surface area contributed by atoms with Crippen molar-refractivity contribution in [3.63, 3.8) is 0 Å². The van der Waals surface area contributed by atoms with E-state index in [9.17, 15) is 24.5 Å². The molecule has 0 aliphatic heterocycles. The number of non-ortho nitro benzene ring substituents is 1. The first-order chi connectivity index (χ1) is 15.8. The highest BCUT2D eigenvalue weighted by atomic mass is 16.6. The van der Waals surface area contributed by atoms with Crippen molar-refractivity contribution in [2.45, 2.75) is 13.5 Å². The first kappa shape index (κ1) is 23.3. The average Bonchev–Trinajstić information content (AvgIpc) is 2.78. The van der Waals surface area contributed by atoms with Gasteiger partial charge in [0.2, 0.25) is 5.91 Å². The standard InChI is InChI=1S/C21H21N5O7/c1-14(27)22-16-4-3-5-18(12-16)25-21(29)24(20(28)19(23-25)33-11-10-32-2)13-15-6-8-17(9-7-15)26(30)31/h3-9,12H,10-11,13H2,1-2H3,(H,22,27). The molecule has 1 amide bonds. The smallest absolute Gasteiger partial charge is 0.352 e. The van der Waals surface area contributed by atoms with Gasteiger partial charge in [-0.15, -0.1) is 5.10 Å². The molecule has 1 aromatic heterocycles. The van der Waals surface area contributed by atoms with Gasteiger partial charge in [-0.3, -0.25) is 19.7 Å². The number of nitro benzene ring substituents is 1. The van der Waals surface area contributed by atoms with Gasteiger partial charge in [-0.25, -0.2) is 9.36 Å². The molecule has 1 N–H and O–H groups in total. The second kappa shape index (κ2) is 10.3. The summed E-state index contributed by atoms with van der Waals surface area (Å²) in [4.78, 5) is 47.8. The number of ether oxygens (including phenoxy) is 2. The Bertz CT molecular complexity index is 1280. The minimum Gasteiger partial charge on any atom is -0.470 e. The van der Waals surface area contributed by atoms with Crippen molar-refractivity contribution in [1.82, 2.24) is 14.3 Å². The Hall–Kier alpha value is -4.32. The molecule has 3 rings (SSSR count). The molecule has 0 unspecified atom stereocenters. The van der Waals surface area contributed by atoms with Gasteiger partial charge >= 0.3 is 11.2 Å². The summed E-state index contributed by atoms with van der Waals surface area (Å²) in [7, 11) is 1.47. The Morgan fingerprint density at radius 3 is 2.52 bits per heavy atom. The molecule has 12 nitrogen and oxygen atoms in total. The van der Waals surface area contributed by atoms with E-state index in [2.05, 4.69) is 10.4 Å². The Morgan fingerprint density at radius 2 is 1.88 bits per heavy atom. The van der Waals surface area contributed by atoms with Gasteiger partial charge in [0.05, 0.1) is 23.8 Å². The van der Waals surface area contributed by atoms with Crippen LogP contribution in [0, 0.1) is 10.1 Å². The first-order valence-corrected chi connectivity index (χ1v) is 9.77. The van der Waals surface area contributed by atoms with E-state index in [0.29, 0.717) is 16.9 Å². The van der Waals surface area contributed by atoms with Crippen LogP contribution in [0.1, 0.15) is 12.5 Å². The van der Waals surface area contributed by atoms with Gasteiger partial charge in [0.15, 0.2) is 0 Å². The Kier molecular flexibility index (Phi) is 7.31. The van der Waals surface area contributed by atoms with Crippen LogP contribution in [-0.2, 0) is 16.1 Å². The fraction of sp³-hybridized carbons (Fsp3) is 0.238. The number of amides is 1. The molecule has 0 fully saturated rings. The molecule has 33 heavy (non-hydrogen) atoms. The van der Waals surface area contributed by atoms with Crippen LogP contribution >= 0.6 is 0 Å². The second-order valence-electron chi connectivity index (χ2n) is 6.89. The Morgan fingerprint density at radius 1 is 1.15 bits per heavy atom. The van der Waals surface area contributed by atoms with Crippen LogP contribution in [0.4, 0.5) is 11.4 Å². The van der Waals surface area contributed by atoms with E-state index in [1.807, 2.05) is 0 Å². The molecule has 172 valence electrons. The maximum atomic E-state index is 13.2. The van der Waals surface area contributed by atoms with Crippen LogP contribution in [0.2, 0.25) is 0 Å². The molecule has 0 radical (unpaired) electrons. The van der Waals surface area contributed by atoms with Gasteiger partial charge in [0, 0.05) is 31.9 Å². The van der Waals surface area contributed by atoms with Gasteiger partial charge < -0.3 is 14.8 Å². The summed E-state index contributed by atoms with van der Waals surface area (Å²) < 4.78 is 12.3. The third-order valence-electron chi connectivity index (χ3n) is 4.46. The summed E-state index contributed by atoms with van der Waals surface area (Å²) in [6, 6.07) is 11.8. The molecule has 0 saturated heterocycles. The van der Waals surface area contributed by atoms with Gasteiger partial charge in [-0.05, 0) is 23.8 Å². The van der Waals surface area contributed by atoms with Gasteiger partial charge in [-0.2, -0.15) is 4.68 Å². The highest BCUT2D eigenvalue weighted by Crippen LogP contribution is 2.14. The molecule has 2 aromatic carbocycles. The van der Waals surface area contributed by atoms with E-state index in [1.165, 1.54) is 44.4 Å². The number of carbonyl (C=O) groups is 1. The lowest BCUT2D eigenvalue weighted by Crippen LogP contribution is -2.42. The molecular weight excluding hydrogens is 434 g/mol. The number of aromatic nitrogens is 3. The van der Waals surface area contributed by atoms with Crippen LogP contribution < -0.4 is 21.3 Å². The predicted octanol–water partition coefficient (Wildman–Crippen LogP) is 1.33. The fourth-order valence-corrected chi connectivity index (χ4v) is 2.94. The Labute approximate surface area is 187 Å². The molecule has 0 atom stereocenters. The number of methoxy groups -OCH3 is 1. The summed E-state index contributed by atoms with van der Waals surface area (Å²) in [6.45, 7) is 1.41. The lowest BCUT2D eigenvalue weighted by Gasteiger charge is -2.13. The highest BCUT2D eigenvalue weighted by Gasteiger charge is 2.17. The van der Waals surface area contributed by atoms with Crippen LogP contribution in [0.5, 0.6) is 5.88 Å². The lowest BCUT2D eigenvalue weighted by molar-refractivity contribution is -0.384. The minimum absolute atomic E-state index is 0.0282. The normalized spacial score (nSPS) is 10.6. The number of hydrogen-bond acceptors (Lipinski definition) is 8. The second-order valence-corrected chi connectivity index (χ2v) is 6.89. The summed E-state index contributed by atoms with van der Waals surface area (Å²) in [6.07, 6.45) is 0. The molecule has 0 aliphatic rings. The highest BCUT2D eigenvalue weighted by molar-refractivity contribution is 5.88. The molecule has 0 spiro atoms. The SMILES string of the molecule is COCCOc1nn(-c2cccc(NC(C)=O)c2)c(=O)n(Cc2ccc([N+](=O)[O-])cc2)c1=O. The molecule has 12 heteroatoms. The summed E-state index contributed by atoms with van der Waals surface area (Å²) >= 11 is 0. The largest absolute Gasteiger partial charge is 0.470 e. The molecule has 0 saturated carbocycles. The lowest BCUT2D eigenvalue weighted by atomic mass is 10.2. The number of anilines is 1. The van der Waals surface area contributed by atoms with E-state index >= 15 is 0 Å². The van der Waals surface area contributed by atoms with Gasteiger partial charge in [0.25, 0.3) is 11.6 Å². The van der Waals surface area contributed by atoms with Crippen LogP contribution in [0.15, 0.2) is 58.1 Å². The van der Waals surface area contributed by atoms with E-state index in [1.54, 1.807) is 18.2 Å². The zero-order valence-corrected chi connectivity index (χ0v) is 17.9. The molecule has 3 aromatic rings. The van der Waals surface area contributed by atoms with E-state index in [-0.39, 0.29) is 37.2 Å². The quantitative estimate of drug-likeness (QED) is 0.289. The number of nitrogens with zero attached hydrogens (tertiary/aromatic N) is 4. The summed E-state index contributed by atoms with van der Waals surface area (Å²) in [5.41, 5.74) is -0.408. The van der Waals surface area contributed by atoms with Gasteiger partial charge in [0.1, 0.15) is 6.61 Å². The van der Waals surface area contributed by atoms with Crippen molar-refractivity contribution in [2.24, 2.45) is 0 Å². The van der Waals surface area contributed by atoms with Crippen LogP contribution in [0.3, 0.4) is 0 Å². The van der Waals surface area contributed by atoms with E-state index in [0.717, 1.165) is 9.25 Å². The molecule has 1 heterocycles. The monoisotopic (exact) mass is 455 g/mol. The third-order valence-corrected chi connectivity index (χ3v) is 4.46. The summed E-state index contributed by atoms with van der Waals surface area (Å²) in [5, 5.41) is 17.6. The third kappa shape index (κ3) is 5.68. The van der Waals surface area contributed by atoms with Crippen LogP contribution in [-0.4, -0.2) is 45.5 Å². The fourth-order valence-electron chi connectivity index (χ4n) is 2.94. The van der Waals surface area contributed by atoms with Crippen molar-refractivity contribution < 1.29 is 19.2 Å². The number of nitrogens with one attached hydrogen (secondary N) is 1. The molecule has 0 aliphatic carbocycles. The maximum Gasteiger partial charge on any atom is 0.352 e.